The smallest absolute Gasteiger partial charge is 0.160 e. The molecule has 0 N–H and O–H groups in total. The van der Waals surface area contributed by atoms with Crippen LogP contribution in [0.3, 0.4) is 0 Å². The number of fused-ring (bicyclic) bond motifs is 2. The predicted molar refractivity (Wildman–Crippen MR) is 185 cm³/mol. The van der Waals surface area contributed by atoms with Crippen molar-refractivity contribution in [2.45, 2.75) is 20.8 Å². The number of aryl methyl sites for hydroxylation is 1. The highest BCUT2D eigenvalue weighted by Gasteiger charge is 2.16. The van der Waals surface area contributed by atoms with E-state index in [0.29, 0.717) is 5.82 Å². The fraction of sp³-hybridized carbons (Fsp3) is 0.0750. The van der Waals surface area contributed by atoms with Crippen molar-refractivity contribution in [1.82, 2.24) is 15.0 Å². The van der Waals surface area contributed by atoms with Gasteiger partial charge in [-0.15, -0.1) is 0 Å². The second kappa shape index (κ2) is 13.1. The maximum atomic E-state index is 4.91. The molecule has 0 aliphatic heterocycles. The Morgan fingerprint density at radius 2 is 1.49 bits per heavy atom. The molecule has 6 aromatic rings. The van der Waals surface area contributed by atoms with Gasteiger partial charge in [-0.25, -0.2) is 9.97 Å². The summed E-state index contributed by atoms with van der Waals surface area (Å²) < 4.78 is 0. The average molecular weight is 558 g/mol. The highest BCUT2D eigenvalue weighted by atomic mass is 14.9. The third-order valence-electron chi connectivity index (χ3n) is 7.48. The van der Waals surface area contributed by atoms with E-state index in [1.54, 1.807) is 0 Å². The van der Waals surface area contributed by atoms with E-state index in [1.807, 2.05) is 93.0 Å². The van der Waals surface area contributed by atoms with Gasteiger partial charge < -0.3 is 0 Å². The Morgan fingerprint density at radius 3 is 2.21 bits per heavy atom. The van der Waals surface area contributed by atoms with Gasteiger partial charge in [-0.3, -0.25) is 4.98 Å². The third-order valence-corrected chi connectivity index (χ3v) is 7.48. The Balaban J connectivity index is 0.000000351. The number of allylic oxidation sites excluding steroid dienone is 3. The maximum Gasteiger partial charge on any atom is 0.160 e. The Labute approximate surface area is 253 Å². The van der Waals surface area contributed by atoms with E-state index in [2.05, 4.69) is 69.1 Å². The number of benzene rings is 4. The molecule has 0 aliphatic rings. The molecule has 0 spiro atoms. The van der Waals surface area contributed by atoms with Crippen LogP contribution in [0.4, 0.5) is 0 Å². The summed E-state index contributed by atoms with van der Waals surface area (Å²) >= 11 is 0. The Morgan fingerprint density at radius 1 is 0.767 bits per heavy atom. The summed E-state index contributed by atoms with van der Waals surface area (Å²) in [6, 6.07) is 32.5. The lowest BCUT2D eigenvalue weighted by atomic mass is 9.92. The van der Waals surface area contributed by atoms with Gasteiger partial charge in [0.25, 0.3) is 0 Å². The van der Waals surface area contributed by atoms with Crippen LogP contribution in [0.1, 0.15) is 41.9 Å². The van der Waals surface area contributed by atoms with Crippen molar-refractivity contribution in [1.29, 1.82) is 0 Å². The molecule has 43 heavy (non-hydrogen) atoms. The van der Waals surface area contributed by atoms with E-state index in [9.17, 15) is 0 Å². The number of nitrogens with zero attached hydrogens (tertiary/aromatic N) is 3. The van der Waals surface area contributed by atoms with Crippen LogP contribution in [-0.4, -0.2) is 15.0 Å². The standard InChI is InChI=1S/C31H25N3.C9H10/c1-20(2)25-16-17-32-30-22(4)26(14-15-27(25)30)28(18-21(3)23-10-6-5-7-11-23)31-33-19-24-12-8-9-13-29(24)34-31;1-3-9-7-5-4-6-8(9)2/h5-19H,1,3H2,2,4H3;3-7H,2H2,1H3/b28-18+;9-3-. The van der Waals surface area contributed by atoms with E-state index < -0.39 is 0 Å². The molecule has 0 unspecified atom stereocenters. The first-order chi connectivity index (χ1) is 20.9. The molecule has 0 amide bonds. The van der Waals surface area contributed by atoms with Crippen molar-refractivity contribution < 1.29 is 0 Å². The lowest BCUT2D eigenvalue weighted by Gasteiger charge is -2.15. The van der Waals surface area contributed by atoms with Crippen molar-refractivity contribution in [2.75, 3.05) is 0 Å². The van der Waals surface area contributed by atoms with E-state index in [0.717, 1.165) is 66.0 Å². The van der Waals surface area contributed by atoms with Gasteiger partial charge in [-0.2, -0.15) is 0 Å². The van der Waals surface area contributed by atoms with Crippen LogP contribution in [0.15, 0.2) is 129 Å². The SMILES string of the molecule is C=C(/C=C(/c1ncc2ccccc2n1)c1ccc2c(C(=C)C)ccnc2c1C)c1ccccc1.C=c1cccc/c1=C/C. The molecule has 0 aliphatic carbocycles. The Hall–Kier alpha value is -5.41. The highest BCUT2D eigenvalue weighted by molar-refractivity contribution is 5.98. The third kappa shape index (κ3) is 6.42. The molecule has 0 radical (unpaired) electrons. The molecule has 0 atom stereocenters. The normalized spacial score (nSPS) is 11.7. The van der Waals surface area contributed by atoms with Crippen molar-refractivity contribution in [2.24, 2.45) is 0 Å². The first-order valence-corrected chi connectivity index (χ1v) is 14.3. The zero-order chi connectivity index (χ0) is 30.3. The van der Waals surface area contributed by atoms with E-state index in [-0.39, 0.29) is 0 Å². The van der Waals surface area contributed by atoms with Gasteiger partial charge in [0, 0.05) is 28.7 Å². The lowest BCUT2D eigenvalue weighted by Crippen LogP contribution is -2.20. The van der Waals surface area contributed by atoms with Crippen LogP contribution in [0.5, 0.6) is 0 Å². The fourth-order valence-corrected chi connectivity index (χ4v) is 5.11. The minimum atomic E-state index is 0.661. The molecule has 3 nitrogen and oxygen atoms in total. The Kier molecular flexibility index (Phi) is 8.83. The first-order valence-electron chi connectivity index (χ1n) is 14.3. The molecule has 6 rings (SSSR count). The number of hydrogen-bond acceptors (Lipinski definition) is 3. The van der Waals surface area contributed by atoms with Crippen LogP contribution in [-0.2, 0) is 0 Å². The molecule has 0 saturated carbocycles. The quantitative estimate of drug-likeness (QED) is 0.199. The summed E-state index contributed by atoms with van der Waals surface area (Å²) in [5.41, 5.74) is 8.97. The van der Waals surface area contributed by atoms with Crippen molar-refractivity contribution in [3.05, 3.63) is 167 Å². The van der Waals surface area contributed by atoms with Crippen LogP contribution >= 0.6 is 0 Å². The van der Waals surface area contributed by atoms with Gasteiger partial charge in [-0.1, -0.05) is 116 Å². The highest BCUT2D eigenvalue weighted by Crippen LogP contribution is 2.33. The summed E-state index contributed by atoms with van der Waals surface area (Å²) in [6.45, 7) is 18.5. The summed E-state index contributed by atoms with van der Waals surface area (Å²) in [6.07, 6.45) is 7.87. The van der Waals surface area contributed by atoms with Crippen molar-refractivity contribution >= 4 is 51.2 Å². The predicted octanol–water partition coefficient (Wildman–Crippen LogP) is 8.56. The largest absolute Gasteiger partial charge is 0.256 e. The molecule has 0 bridgehead atoms. The average Bonchev–Trinajstić information content (AvgIpc) is 3.04. The maximum absolute atomic E-state index is 4.91. The first kappa shape index (κ1) is 29.1. The van der Waals surface area contributed by atoms with E-state index >= 15 is 0 Å². The molecule has 2 heterocycles. The fourth-order valence-electron chi connectivity index (χ4n) is 5.11. The molecule has 210 valence electrons. The van der Waals surface area contributed by atoms with Crippen molar-refractivity contribution in [3.8, 4) is 0 Å². The number of aromatic nitrogens is 3. The molecule has 3 heteroatoms. The minimum absolute atomic E-state index is 0.661. The summed E-state index contributed by atoms with van der Waals surface area (Å²) in [5, 5.41) is 4.42. The van der Waals surface area contributed by atoms with Crippen LogP contribution in [0, 0.1) is 6.92 Å². The van der Waals surface area contributed by atoms with Gasteiger partial charge in [0.15, 0.2) is 5.82 Å². The van der Waals surface area contributed by atoms with Crippen molar-refractivity contribution in [3.63, 3.8) is 0 Å². The number of pyridine rings is 1. The van der Waals surface area contributed by atoms with E-state index in [4.69, 9.17) is 15.0 Å². The Bertz CT molecular complexity index is 2100. The van der Waals surface area contributed by atoms with Crippen LogP contribution < -0.4 is 10.4 Å². The molecule has 2 aromatic heterocycles. The van der Waals surface area contributed by atoms with Gasteiger partial charge in [-0.05, 0) is 77.2 Å². The second-order valence-corrected chi connectivity index (χ2v) is 10.5. The van der Waals surface area contributed by atoms with Gasteiger partial charge in [0.05, 0.1) is 11.0 Å². The molecule has 4 aromatic carbocycles. The monoisotopic (exact) mass is 557 g/mol. The molecular formula is C40H35N3. The summed E-state index contributed by atoms with van der Waals surface area (Å²) in [7, 11) is 0. The molecule has 0 saturated heterocycles. The number of rotatable bonds is 5. The topological polar surface area (TPSA) is 38.7 Å². The zero-order valence-corrected chi connectivity index (χ0v) is 25.0. The van der Waals surface area contributed by atoms with Crippen LogP contribution in [0.2, 0.25) is 0 Å². The van der Waals surface area contributed by atoms with Crippen LogP contribution in [0.25, 0.3) is 51.2 Å². The van der Waals surface area contributed by atoms with E-state index in [1.165, 1.54) is 5.22 Å². The zero-order valence-electron chi connectivity index (χ0n) is 25.0. The lowest BCUT2D eigenvalue weighted by molar-refractivity contribution is 1.16. The minimum Gasteiger partial charge on any atom is -0.256 e. The summed E-state index contributed by atoms with van der Waals surface area (Å²) in [4.78, 5) is 14.4. The van der Waals surface area contributed by atoms with Gasteiger partial charge in [0.2, 0.25) is 0 Å². The second-order valence-electron chi connectivity index (χ2n) is 10.5. The van der Waals surface area contributed by atoms with Gasteiger partial charge in [0.1, 0.15) is 0 Å². The van der Waals surface area contributed by atoms with Gasteiger partial charge >= 0.3 is 0 Å². The summed E-state index contributed by atoms with van der Waals surface area (Å²) in [5.74, 6) is 0.661. The molecular weight excluding hydrogens is 522 g/mol. The molecule has 0 fully saturated rings. The number of hydrogen-bond donors (Lipinski definition) is 0. The number of para-hydroxylation sites is 1.